The van der Waals surface area contributed by atoms with E-state index in [9.17, 15) is 8.78 Å². The fourth-order valence-corrected chi connectivity index (χ4v) is 3.12. The number of aromatic nitrogens is 2. The second kappa shape index (κ2) is 5.82. The zero-order chi connectivity index (χ0) is 15.0. The summed E-state index contributed by atoms with van der Waals surface area (Å²) in [7, 11) is 1.82. The van der Waals surface area contributed by atoms with Gasteiger partial charge in [-0.2, -0.15) is 0 Å². The van der Waals surface area contributed by atoms with Crippen molar-refractivity contribution in [2.45, 2.75) is 25.2 Å². The fraction of sp³-hybridized carbons (Fsp3) is 0.333. The molecule has 2 aromatic rings. The lowest BCUT2D eigenvalue weighted by molar-refractivity contribution is 0.151. The Morgan fingerprint density at radius 3 is 2.38 bits per heavy atom. The first-order valence-electron chi connectivity index (χ1n) is 6.74. The quantitative estimate of drug-likeness (QED) is 0.761. The Labute approximate surface area is 135 Å². The molecular formula is C15H14F2IN3. The molecule has 1 N–H and O–H groups in total. The number of benzene rings is 1. The summed E-state index contributed by atoms with van der Waals surface area (Å²) in [5, 5.41) is 3.08. The molecule has 1 heterocycles. The highest BCUT2D eigenvalue weighted by molar-refractivity contribution is 14.1. The highest BCUT2D eigenvalue weighted by Crippen LogP contribution is 2.42. The SMILES string of the molecule is CNc1nc(-c2ccc(C(F)F)cc2)nc(C2CC2)c1I. The van der Waals surface area contributed by atoms with Gasteiger partial charge in [0.15, 0.2) is 5.82 Å². The first-order chi connectivity index (χ1) is 10.1. The summed E-state index contributed by atoms with van der Waals surface area (Å²) in [6.07, 6.45) is -0.147. The normalized spacial score (nSPS) is 14.5. The lowest BCUT2D eigenvalue weighted by Crippen LogP contribution is -2.04. The van der Waals surface area contributed by atoms with Gasteiger partial charge in [0.25, 0.3) is 6.43 Å². The molecule has 21 heavy (non-hydrogen) atoms. The number of hydrogen-bond donors (Lipinski definition) is 1. The number of halogens is 3. The van der Waals surface area contributed by atoms with Crippen molar-refractivity contribution in [2.24, 2.45) is 0 Å². The van der Waals surface area contributed by atoms with Crippen molar-refractivity contribution < 1.29 is 8.78 Å². The molecule has 0 atom stereocenters. The summed E-state index contributed by atoms with van der Waals surface area (Å²) in [6, 6.07) is 6.16. The Morgan fingerprint density at radius 1 is 1.19 bits per heavy atom. The minimum atomic E-state index is -2.45. The van der Waals surface area contributed by atoms with Gasteiger partial charge in [0.1, 0.15) is 5.82 Å². The highest BCUT2D eigenvalue weighted by Gasteiger charge is 2.29. The van der Waals surface area contributed by atoms with E-state index in [0.717, 1.165) is 33.5 Å². The molecule has 110 valence electrons. The smallest absolute Gasteiger partial charge is 0.263 e. The van der Waals surface area contributed by atoms with Crippen LogP contribution in [0.3, 0.4) is 0 Å². The number of rotatable bonds is 4. The highest BCUT2D eigenvalue weighted by atomic mass is 127. The van der Waals surface area contributed by atoms with Crippen molar-refractivity contribution in [3.05, 3.63) is 39.1 Å². The van der Waals surface area contributed by atoms with Gasteiger partial charge in [-0.3, -0.25) is 0 Å². The van der Waals surface area contributed by atoms with Crippen molar-refractivity contribution in [1.29, 1.82) is 0 Å². The van der Waals surface area contributed by atoms with Gasteiger partial charge in [0, 0.05) is 24.1 Å². The van der Waals surface area contributed by atoms with Gasteiger partial charge in [0.05, 0.1) is 9.26 Å². The van der Waals surface area contributed by atoms with Crippen LogP contribution in [-0.4, -0.2) is 17.0 Å². The van der Waals surface area contributed by atoms with Crippen LogP contribution in [0.1, 0.15) is 36.4 Å². The fourth-order valence-electron chi connectivity index (χ4n) is 2.16. The molecule has 0 spiro atoms. The molecule has 1 saturated carbocycles. The Balaban J connectivity index is 2.03. The van der Waals surface area contributed by atoms with Gasteiger partial charge in [-0.05, 0) is 35.4 Å². The van der Waals surface area contributed by atoms with Crippen molar-refractivity contribution in [1.82, 2.24) is 9.97 Å². The van der Waals surface area contributed by atoms with E-state index in [-0.39, 0.29) is 5.56 Å². The second-order valence-electron chi connectivity index (χ2n) is 5.04. The molecule has 3 rings (SSSR count). The van der Waals surface area contributed by atoms with Gasteiger partial charge in [-0.25, -0.2) is 18.7 Å². The summed E-state index contributed by atoms with van der Waals surface area (Å²) in [4.78, 5) is 9.13. The van der Waals surface area contributed by atoms with Crippen LogP contribution in [0.15, 0.2) is 24.3 Å². The zero-order valence-corrected chi connectivity index (χ0v) is 13.6. The van der Waals surface area contributed by atoms with Crippen molar-refractivity contribution >= 4 is 28.4 Å². The molecule has 1 aliphatic rings. The summed E-state index contributed by atoms with van der Waals surface area (Å²) < 4.78 is 26.3. The van der Waals surface area contributed by atoms with Crippen LogP contribution in [-0.2, 0) is 0 Å². The van der Waals surface area contributed by atoms with E-state index in [4.69, 9.17) is 0 Å². The Bertz CT molecular complexity index is 655. The molecule has 0 amide bonds. The molecule has 3 nitrogen and oxygen atoms in total. The van der Waals surface area contributed by atoms with Crippen LogP contribution >= 0.6 is 22.6 Å². The largest absolute Gasteiger partial charge is 0.372 e. The van der Waals surface area contributed by atoms with Crippen LogP contribution in [0.2, 0.25) is 0 Å². The Hall–Kier alpha value is -1.31. The van der Waals surface area contributed by atoms with Crippen molar-refractivity contribution in [3.63, 3.8) is 0 Å². The lowest BCUT2D eigenvalue weighted by Gasteiger charge is -2.11. The van der Waals surface area contributed by atoms with E-state index < -0.39 is 6.43 Å². The average Bonchev–Trinajstić information content (AvgIpc) is 3.32. The van der Waals surface area contributed by atoms with Crippen molar-refractivity contribution in [2.75, 3.05) is 12.4 Å². The maximum absolute atomic E-state index is 12.6. The molecule has 0 unspecified atom stereocenters. The lowest BCUT2D eigenvalue weighted by atomic mass is 10.1. The van der Waals surface area contributed by atoms with Gasteiger partial charge < -0.3 is 5.32 Å². The van der Waals surface area contributed by atoms with E-state index in [1.54, 1.807) is 12.1 Å². The van der Waals surface area contributed by atoms with E-state index in [0.29, 0.717) is 11.7 Å². The molecule has 1 aliphatic carbocycles. The number of nitrogens with one attached hydrogen (secondary N) is 1. The van der Waals surface area contributed by atoms with Gasteiger partial charge in [-0.1, -0.05) is 24.3 Å². The topological polar surface area (TPSA) is 37.8 Å². The first kappa shape index (κ1) is 14.6. The summed E-state index contributed by atoms with van der Waals surface area (Å²) in [5.41, 5.74) is 1.83. The second-order valence-corrected chi connectivity index (χ2v) is 6.12. The average molecular weight is 401 g/mol. The van der Waals surface area contributed by atoms with Crippen LogP contribution in [0, 0.1) is 3.57 Å². The number of nitrogens with zero attached hydrogens (tertiary/aromatic N) is 2. The molecule has 1 aromatic carbocycles. The van der Waals surface area contributed by atoms with E-state index in [1.165, 1.54) is 12.1 Å². The number of alkyl halides is 2. The van der Waals surface area contributed by atoms with E-state index >= 15 is 0 Å². The Morgan fingerprint density at radius 2 is 1.86 bits per heavy atom. The minimum absolute atomic E-state index is 0.0144. The van der Waals surface area contributed by atoms with Gasteiger partial charge >= 0.3 is 0 Å². The monoisotopic (exact) mass is 401 g/mol. The maximum atomic E-state index is 12.6. The van der Waals surface area contributed by atoms with Gasteiger partial charge in [0.2, 0.25) is 0 Å². The molecule has 0 bridgehead atoms. The molecular weight excluding hydrogens is 387 g/mol. The molecule has 1 aromatic heterocycles. The third kappa shape index (κ3) is 3.00. The summed E-state index contributed by atoms with van der Waals surface area (Å²) in [5.74, 6) is 1.88. The maximum Gasteiger partial charge on any atom is 0.263 e. The van der Waals surface area contributed by atoms with Gasteiger partial charge in [-0.15, -0.1) is 0 Å². The van der Waals surface area contributed by atoms with E-state index in [1.807, 2.05) is 7.05 Å². The molecule has 0 aliphatic heterocycles. The molecule has 1 fully saturated rings. The molecule has 0 saturated heterocycles. The third-order valence-corrected chi connectivity index (χ3v) is 4.56. The number of anilines is 1. The predicted octanol–water partition coefficient (Wildman–Crippen LogP) is 4.60. The summed E-state index contributed by atoms with van der Waals surface area (Å²) in [6.45, 7) is 0. The minimum Gasteiger partial charge on any atom is -0.372 e. The zero-order valence-electron chi connectivity index (χ0n) is 11.4. The molecule has 6 heteroatoms. The summed E-state index contributed by atoms with van der Waals surface area (Å²) >= 11 is 2.26. The van der Waals surface area contributed by atoms with Crippen LogP contribution < -0.4 is 5.32 Å². The number of hydrogen-bond acceptors (Lipinski definition) is 3. The van der Waals surface area contributed by atoms with Crippen LogP contribution in [0.4, 0.5) is 14.6 Å². The van der Waals surface area contributed by atoms with Crippen LogP contribution in [0.25, 0.3) is 11.4 Å². The Kier molecular flexibility index (Phi) is 4.05. The molecule has 0 radical (unpaired) electrons. The third-order valence-electron chi connectivity index (χ3n) is 3.50. The standard InChI is InChI=1S/C15H14F2IN3/c1-19-15-11(18)12(8-2-3-8)20-14(21-15)10-6-4-9(5-7-10)13(16)17/h4-8,13H,2-3H2,1H3,(H,19,20,21). The first-order valence-corrected chi connectivity index (χ1v) is 7.81. The van der Waals surface area contributed by atoms with E-state index in [2.05, 4.69) is 37.9 Å². The predicted molar refractivity (Wildman–Crippen MR) is 86.7 cm³/mol. The van der Waals surface area contributed by atoms with Crippen molar-refractivity contribution in [3.8, 4) is 11.4 Å². The van der Waals surface area contributed by atoms with Crippen LogP contribution in [0.5, 0.6) is 0 Å².